The van der Waals surface area contributed by atoms with Gasteiger partial charge in [-0.2, -0.15) is 0 Å². The topological polar surface area (TPSA) is 80.7 Å². The van der Waals surface area contributed by atoms with Crippen molar-refractivity contribution in [1.82, 2.24) is 4.98 Å². The van der Waals surface area contributed by atoms with E-state index in [0.29, 0.717) is 17.1 Å². The van der Waals surface area contributed by atoms with Crippen LogP contribution in [0.5, 0.6) is 11.5 Å². The third-order valence-electron chi connectivity index (χ3n) is 2.39. The lowest BCUT2D eigenvalue weighted by atomic mass is 10.2. The lowest BCUT2D eigenvalue weighted by molar-refractivity contribution is 0.318. The van der Waals surface area contributed by atoms with Crippen molar-refractivity contribution in [2.24, 2.45) is 10.9 Å². The first-order valence-corrected chi connectivity index (χ1v) is 5.37. The smallest absolute Gasteiger partial charge is 0.173 e. The summed E-state index contributed by atoms with van der Waals surface area (Å²) in [5, 5.41) is 11.7. The van der Waals surface area contributed by atoms with Crippen LogP contribution >= 0.6 is 0 Å². The summed E-state index contributed by atoms with van der Waals surface area (Å²) in [5.74, 6) is 1.11. The highest BCUT2D eigenvalue weighted by atomic mass is 16.5. The second-order valence-electron chi connectivity index (χ2n) is 3.78. The third kappa shape index (κ3) is 2.57. The molecule has 0 unspecified atom stereocenters. The van der Waals surface area contributed by atoms with E-state index in [1.807, 2.05) is 31.2 Å². The molecule has 2 aromatic rings. The molecule has 0 spiro atoms. The molecule has 1 heterocycles. The SMILES string of the molecule is Cc1cccc(Oc2cnccc2/C(N)=N/O)c1. The Kier molecular flexibility index (Phi) is 3.43. The zero-order valence-corrected chi connectivity index (χ0v) is 9.87. The fourth-order valence-corrected chi connectivity index (χ4v) is 1.53. The second kappa shape index (κ2) is 5.18. The minimum absolute atomic E-state index is 0.0138. The van der Waals surface area contributed by atoms with Crippen LogP contribution in [0.3, 0.4) is 0 Å². The number of benzene rings is 1. The number of aryl methyl sites for hydroxylation is 1. The Morgan fingerprint density at radius 1 is 1.39 bits per heavy atom. The van der Waals surface area contributed by atoms with Crippen LogP contribution in [0.2, 0.25) is 0 Å². The predicted octanol–water partition coefficient (Wildman–Crippen LogP) is 2.28. The van der Waals surface area contributed by atoms with Crippen LogP contribution in [-0.4, -0.2) is 16.0 Å². The molecule has 1 aromatic heterocycles. The summed E-state index contributed by atoms with van der Waals surface area (Å²) in [7, 11) is 0. The minimum Gasteiger partial charge on any atom is -0.455 e. The summed E-state index contributed by atoms with van der Waals surface area (Å²) >= 11 is 0. The molecular formula is C13H13N3O2. The Hall–Kier alpha value is -2.56. The van der Waals surface area contributed by atoms with Crippen molar-refractivity contribution in [1.29, 1.82) is 0 Å². The normalized spacial score (nSPS) is 11.3. The van der Waals surface area contributed by atoms with Gasteiger partial charge in [0.25, 0.3) is 0 Å². The summed E-state index contributed by atoms with van der Waals surface area (Å²) < 4.78 is 5.68. The van der Waals surface area contributed by atoms with Gasteiger partial charge in [-0.3, -0.25) is 4.98 Å². The average molecular weight is 243 g/mol. The predicted molar refractivity (Wildman–Crippen MR) is 68.0 cm³/mol. The summed E-state index contributed by atoms with van der Waals surface area (Å²) in [4.78, 5) is 3.96. The van der Waals surface area contributed by atoms with E-state index in [0.717, 1.165) is 5.56 Å². The van der Waals surface area contributed by atoms with Gasteiger partial charge in [0.2, 0.25) is 0 Å². The molecule has 3 N–H and O–H groups in total. The first-order valence-electron chi connectivity index (χ1n) is 5.37. The molecule has 92 valence electrons. The number of oxime groups is 1. The first-order chi connectivity index (χ1) is 8.70. The number of aromatic nitrogens is 1. The summed E-state index contributed by atoms with van der Waals surface area (Å²) in [6, 6.07) is 9.21. The molecule has 0 saturated heterocycles. The third-order valence-corrected chi connectivity index (χ3v) is 2.39. The molecule has 5 nitrogen and oxygen atoms in total. The molecule has 0 bridgehead atoms. The van der Waals surface area contributed by atoms with Gasteiger partial charge in [-0.15, -0.1) is 0 Å². The number of pyridine rings is 1. The molecule has 0 amide bonds. The van der Waals surface area contributed by atoms with E-state index in [9.17, 15) is 0 Å². The van der Waals surface area contributed by atoms with Crippen molar-refractivity contribution in [3.8, 4) is 11.5 Å². The number of amidine groups is 1. The summed E-state index contributed by atoms with van der Waals surface area (Å²) in [6.07, 6.45) is 3.08. The summed E-state index contributed by atoms with van der Waals surface area (Å²) in [6.45, 7) is 1.97. The standard InChI is InChI=1S/C13H13N3O2/c1-9-3-2-4-10(7-9)18-12-8-15-6-5-11(12)13(14)16-17/h2-8,17H,1H3,(H2,14,16). The molecule has 0 atom stereocenters. The molecule has 0 aliphatic rings. The molecule has 18 heavy (non-hydrogen) atoms. The van der Waals surface area contributed by atoms with Crippen molar-refractivity contribution in [3.63, 3.8) is 0 Å². The zero-order valence-electron chi connectivity index (χ0n) is 9.87. The maximum atomic E-state index is 8.71. The molecular weight excluding hydrogens is 230 g/mol. The number of hydrogen-bond donors (Lipinski definition) is 2. The second-order valence-corrected chi connectivity index (χ2v) is 3.78. The van der Waals surface area contributed by atoms with Crippen molar-refractivity contribution < 1.29 is 9.94 Å². The van der Waals surface area contributed by atoms with Crippen molar-refractivity contribution in [2.45, 2.75) is 6.92 Å². The van der Waals surface area contributed by atoms with Gasteiger partial charge in [-0.25, -0.2) is 0 Å². The Morgan fingerprint density at radius 2 is 2.22 bits per heavy atom. The highest BCUT2D eigenvalue weighted by molar-refractivity contribution is 5.99. The van der Waals surface area contributed by atoms with Gasteiger partial charge in [-0.1, -0.05) is 17.3 Å². The Balaban J connectivity index is 2.35. The quantitative estimate of drug-likeness (QED) is 0.375. The Labute approximate surface area is 105 Å². The van der Waals surface area contributed by atoms with Gasteiger partial charge in [-0.05, 0) is 30.7 Å². The van der Waals surface area contributed by atoms with Gasteiger partial charge >= 0.3 is 0 Å². The number of ether oxygens (including phenoxy) is 1. The average Bonchev–Trinajstić information content (AvgIpc) is 2.38. The Morgan fingerprint density at radius 3 is 2.94 bits per heavy atom. The van der Waals surface area contributed by atoms with Gasteiger partial charge in [0.05, 0.1) is 11.8 Å². The van der Waals surface area contributed by atoms with E-state index in [-0.39, 0.29) is 5.84 Å². The molecule has 0 aliphatic heterocycles. The lowest BCUT2D eigenvalue weighted by Gasteiger charge is -2.09. The highest BCUT2D eigenvalue weighted by Crippen LogP contribution is 2.24. The first kappa shape index (κ1) is 11.9. The molecule has 0 fully saturated rings. The van der Waals surface area contributed by atoms with Crippen LogP contribution in [0.4, 0.5) is 0 Å². The fourth-order valence-electron chi connectivity index (χ4n) is 1.53. The van der Waals surface area contributed by atoms with Crippen molar-refractivity contribution in [2.75, 3.05) is 0 Å². The molecule has 0 radical (unpaired) electrons. The highest BCUT2D eigenvalue weighted by Gasteiger charge is 2.09. The monoisotopic (exact) mass is 243 g/mol. The van der Waals surface area contributed by atoms with Crippen LogP contribution in [-0.2, 0) is 0 Å². The lowest BCUT2D eigenvalue weighted by Crippen LogP contribution is -2.14. The summed E-state index contributed by atoms with van der Waals surface area (Å²) in [5.41, 5.74) is 7.15. The van der Waals surface area contributed by atoms with Crippen LogP contribution in [0.1, 0.15) is 11.1 Å². The molecule has 0 saturated carbocycles. The number of nitrogens with two attached hydrogens (primary N) is 1. The van der Waals surface area contributed by atoms with E-state index in [2.05, 4.69) is 10.1 Å². The zero-order chi connectivity index (χ0) is 13.0. The molecule has 1 aromatic carbocycles. The van der Waals surface area contributed by atoms with E-state index in [1.54, 1.807) is 12.3 Å². The maximum Gasteiger partial charge on any atom is 0.173 e. The van der Waals surface area contributed by atoms with E-state index >= 15 is 0 Å². The maximum absolute atomic E-state index is 8.71. The van der Waals surface area contributed by atoms with Crippen molar-refractivity contribution in [3.05, 3.63) is 53.9 Å². The number of rotatable bonds is 3. The van der Waals surface area contributed by atoms with Crippen LogP contribution in [0.25, 0.3) is 0 Å². The van der Waals surface area contributed by atoms with Crippen LogP contribution in [0, 0.1) is 6.92 Å². The van der Waals surface area contributed by atoms with Gasteiger partial charge in [0.15, 0.2) is 11.6 Å². The largest absolute Gasteiger partial charge is 0.455 e. The van der Waals surface area contributed by atoms with Gasteiger partial charge in [0.1, 0.15) is 5.75 Å². The van der Waals surface area contributed by atoms with E-state index in [1.165, 1.54) is 6.20 Å². The van der Waals surface area contributed by atoms with E-state index < -0.39 is 0 Å². The van der Waals surface area contributed by atoms with Gasteiger partial charge in [0, 0.05) is 6.20 Å². The van der Waals surface area contributed by atoms with Crippen LogP contribution in [0.15, 0.2) is 47.9 Å². The van der Waals surface area contributed by atoms with Crippen molar-refractivity contribution >= 4 is 5.84 Å². The molecule has 5 heteroatoms. The number of nitrogens with zero attached hydrogens (tertiary/aromatic N) is 2. The van der Waals surface area contributed by atoms with Gasteiger partial charge < -0.3 is 15.7 Å². The van der Waals surface area contributed by atoms with E-state index in [4.69, 9.17) is 15.7 Å². The Bertz CT molecular complexity index is 582. The molecule has 0 aliphatic carbocycles. The molecule has 2 rings (SSSR count). The van der Waals surface area contributed by atoms with Crippen LogP contribution < -0.4 is 10.5 Å². The minimum atomic E-state index is -0.0138. The fraction of sp³-hybridized carbons (Fsp3) is 0.0769. The number of hydrogen-bond acceptors (Lipinski definition) is 4.